The molecule has 1 aromatic carbocycles. The molecule has 1 aliphatic rings. The van der Waals surface area contributed by atoms with E-state index >= 15 is 0 Å². The van der Waals surface area contributed by atoms with Gasteiger partial charge in [0, 0.05) is 6.04 Å². The molecular formula is C15H19NO3. The minimum atomic E-state index is -0.965. The van der Waals surface area contributed by atoms with Crippen molar-refractivity contribution >= 4 is 11.9 Å². The van der Waals surface area contributed by atoms with Gasteiger partial charge in [-0.05, 0) is 37.8 Å². The fraction of sp³-hybridized carbons (Fsp3) is 0.467. The minimum absolute atomic E-state index is 0.0673. The van der Waals surface area contributed by atoms with Gasteiger partial charge in [-0.25, -0.2) is 0 Å². The van der Waals surface area contributed by atoms with E-state index in [1.807, 2.05) is 38.1 Å². The second-order valence-corrected chi connectivity index (χ2v) is 5.24. The topological polar surface area (TPSA) is 57.6 Å². The molecule has 4 nitrogen and oxygen atoms in total. The summed E-state index contributed by atoms with van der Waals surface area (Å²) in [5.41, 5.74) is 2.27. The first kappa shape index (κ1) is 13.6. The van der Waals surface area contributed by atoms with E-state index in [0.29, 0.717) is 0 Å². The first-order valence-corrected chi connectivity index (χ1v) is 6.60. The number of amides is 1. The van der Waals surface area contributed by atoms with Crippen molar-refractivity contribution in [2.75, 3.05) is 6.54 Å². The Kier molecular flexibility index (Phi) is 3.88. The van der Waals surface area contributed by atoms with Gasteiger partial charge in [-0.1, -0.05) is 24.3 Å². The lowest BCUT2D eigenvalue weighted by molar-refractivity contribution is -0.146. The Morgan fingerprint density at radius 3 is 2.68 bits per heavy atom. The number of carboxylic acids is 1. The molecule has 0 aromatic heterocycles. The predicted molar refractivity (Wildman–Crippen MR) is 72.0 cm³/mol. The molecule has 1 aromatic rings. The van der Waals surface area contributed by atoms with Gasteiger partial charge in [-0.3, -0.25) is 9.59 Å². The molecule has 0 bridgehead atoms. The van der Waals surface area contributed by atoms with Crippen LogP contribution in [0.3, 0.4) is 0 Å². The second kappa shape index (κ2) is 5.43. The summed E-state index contributed by atoms with van der Waals surface area (Å²) in [4.78, 5) is 24.9. The fourth-order valence-corrected chi connectivity index (χ4v) is 2.67. The van der Waals surface area contributed by atoms with Crippen molar-refractivity contribution in [3.8, 4) is 0 Å². The summed E-state index contributed by atoms with van der Waals surface area (Å²) < 4.78 is 0. The lowest BCUT2D eigenvalue weighted by atomic mass is 9.99. The van der Waals surface area contributed by atoms with Crippen LogP contribution in [0.25, 0.3) is 0 Å². The predicted octanol–water partition coefficient (Wildman–Crippen LogP) is 2.04. The van der Waals surface area contributed by atoms with Gasteiger partial charge in [0.15, 0.2) is 0 Å². The molecule has 19 heavy (non-hydrogen) atoms. The highest BCUT2D eigenvalue weighted by molar-refractivity contribution is 5.88. The van der Waals surface area contributed by atoms with Crippen LogP contribution in [0.15, 0.2) is 24.3 Å². The molecule has 1 amide bonds. The lowest BCUT2D eigenvalue weighted by Gasteiger charge is -2.28. The van der Waals surface area contributed by atoms with E-state index in [2.05, 4.69) is 0 Å². The summed E-state index contributed by atoms with van der Waals surface area (Å²) in [6.07, 6.45) is 1.67. The zero-order valence-corrected chi connectivity index (χ0v) is 11.3. The number of hydrogen-bond acceptors (Lipinski definition) is 2. The molecule has 0 heterocycles. The smallest absolute Gasteiger partial charge is 0.323 e. The number of nitrogens with zero attached hydrogens (tertiary/aromatic N) is 1. The quantitative estimate of drug-likeness (QED) is 0.902. The molecule has 1 N–H and O–H groups in total. The maximum absolute atomic E-state index is 12.5. The van der Waals surface area contributed by atoms with Gasteiger partial charge < -0.3 is 10.0 Å². The minimum Gasteiger partial charge on any atom is -0.480 e. The maximum Gasteiger partial charge on any atom is 0.323 e. The Morgan fingerprint density at radius 2 is 2.05 bits per heavy atom. The SMILES string of the molecule is CC(C)N(CC(=O)O)C(=O)C1CCc2ccccc21. The third-order valence-corrected chi connectivity index (χ3v) is 3.64. The molecule has 1 unspecified atom stereocenters. The number of carbonyl (C=O) groups excluding carboxylic acids is 1. The van der Waals surface area contributed by atoms with E-state index in [1.54, 1.807) is 0 Å². The normalized spacial score (nSPS) is 17.3. The average Bonchev–Trinajstić information content (AvgIpc) is 2.78. The molecule has 0 saturated carbocycles. The van der Waals surface area contributed by atoms with Gasteiger partial charge in [0.25, 0.3) is 0 Å². The van der Waals surface area contributed by atoms with E-state index < -0.39 is 5.97 Å². The zero-order chi connectivity index (χ0) is 14.0. The zero-order valence-electron chi connectivity index (χ0n) is 11.3. The van der Waals surface area contributed by atoms with Crippen LogP contribution in [0.1, 0.15) is 37.3 Å². The third-order valence-electron chi connectivity index (χ3n) is 3.64. The molecule has 1 atom stereocenters. The van der Waals surface area contributed by atoms with Gasteiger partial charge in [-0.15, -0.1) is 0 Å². The van der Waals surface area contributed by atoms with Crippen molar-refractivity contribution in [3.05, 3.63) is 35.4 Å². The Balaban J connectivity index is 2.22. The highest BCUT2D eigenvalue weighted by atomic mass is 16.4. The summed E-state index contributed by atoms with van der Waals surface area (Å²) in [6.45, 7) is 3.47. The molecule has 2 rings (SSSR count). The third kappa shape index (κ3) is 2.78. The van der Waals surface area contributed by atoms with E-state index in [0.717, 1.165) is 18.4 Å². The Morgan fingerprint density at radius 1 is 1.37 bits per heavy atom. The van der Waals surface area contributed by atoms with Gasteiger partial charge >= 0.3 is 5.97 Å². The van der Waals surface area contributed by atoms with Crippen LogP contribution in [0.4, 0.5) is 0 Å². The van der Waals surface area contributed by atoms with Crippen LogP contribution < -0.4 is 0 Å². The number of benzene rings is 1. The van der Waals surface area contributed by atoms with Crippen LogP contribution in [-0.4, -0.2) is 34.5 Å². The number of fused-ring (bicyclic) bond motifs is 1. The Hall–Kier alpha value is -1.84. The maximum atomic E-state index is 12.5. The molecule has 0 radical (unpaired) electrons. The number of aliphatic carboxylic acids is 1. The van der Waals surface area contributed by atoms with Crippen molar-refractivity contribution in [1.29, 1.82) is 0 Å². The molecule has 102 valence electrons. The lowest BCUT2D eigenvalue weighted by Crippen LogP contribution is -2.42. The summed E-state index contributed by atoms with van der Waals surface area (Å²) >= 11 is 0. The molecule has 4 heteroatoms. The molecule has 0 aliphatic heterocycles. The van der Waals surface area contributed by atoms with Crippen molar-refractivity contribution in [1.82, 2.24) is 4.90 Å². The fourth-order valence-electron chi connectivity index (χ4n) is 2.67. The molecule has 0 saturated heterocycles. The average molecular weight is 261 g/mol. The largest absolute Gasteiger partial charge is 0.480 e. The number of hydrogen-bond donors (Lipinski definition) is 1. The van der Waals surface area contributed by atoms with Gasteiger partial charge in [0.2, 0.25) is 5.91 Å². The first-order chi connectivity index (χ1) is 9.00. The summed E-state index contributed by atoms with van der Waals surface area (Å²) in [7, 11) is 0. The summed E-state index contributed by atoms with van der Waals surface area (Å²) in [5.74, 6) is -1.21. The second-order valence-electron chi connectivity index (χ2n) is 5.24. The summed E-state index contributed by atoms with van der Waals surface area (Å²) in [5, 5.41) is 8.93. The van der Waals surface area contributed by atoms with Crippen LogP contribution in [0.5, 0.6) is 0 Å². The molecule has 0 fully saturated rings. The van der Waals surface area contributed by atoms with Crippen LogP contribution in [0, 0.1) is 0 Å². The molecule has 1 aliphatic carbocycles. The molecule has 0 spiro atoms. The standard InChI is InChI=1S/C15H19NO3/c1-10(2)16(9-14(17)18)15(19)13-8-7-11-5-3-4-6-12(11)13/h3-6,10,13H,7-9H2,1-2H3,(H,17,18). The van der Waals surface area contributed by atoms with Crippen LogP contribution in [-0.2, 0) is 16.0 Å². The number of aryl methyl sites for hydroxylation is 1. The van der Waals surface area contributed by atoms with Crippen LogP contribution in [0.2, 0.25) is 0 Å². The van der Waals surface area contributed by atoms with E-state index in [9.17, 15) is 9.59 Å². The van der Waals surface area contributed by atoms with Gasteiger partial charge in [0.1, 0.15) is 6.54 Å². The molecular weight excluding hydrogens is 242 g/mol. The Bertz CT molecular complexity index is 496. The highest BCUT2D eigenvalue weighted by Gasteiger charge is 2.33. The van der Waals surface area contributed by atoms with E-state index in [1.165, 1.54) is 10.5 Å². The number of rotatable bonds is 4. The summed E-state index contributed by atoms with van der Waals surface area (Å²) in [6, 6.07) is 7.82. The van der Waals surface area contributed by atoms with Crippen molar-refractivity contribution in [2.45, 2.75) is 38.6 Å². The van der Waals surface area contributed by atoms with Crippen LogP contribution >= 0.6 is 0 Å². The first-order valence-electron chi connectivity index (χ1n) is 6.60. The van der Waals surface area contributed by atoms with Gasteiger partial charge in [0.05, 0.1) is 5.92 Å². The van der Waals surface area contributed by atoms with E-state index in [4.69, 9.17) is 5.11 Å². The van der Waals surface area contributed by atoms with Crippen molar-refractivity contribution < 1.29 is 14.7 Å². The monoisotopic (exact) mass is 261 g/mol. The van der Waals surface area contributed by atoms with E-state index in [-0.39, 0.29) is 24.4 Å². The highest BCUT2D eigenvalue weighted by Crippen LogP contribution is 2.34. The number of carbonyl (C=O) groups is 2. The Labute approximate surface area is 113 Å². The van der Waals surface area contributed by atoms with Gasteiger partial charge in [-0.2, -0.15) is 0 Å². The van der Waals surface area contributed by atoms with Crippen molar-refractivity contribution in [3.63, 3.8) is 0 Å². The number of carboxylic acid groups (broad SMARTS) is 1. The van der Waals surface area contributed by atoms with Crippen molar-refractivity contribution in [2.24, 2.45) is 0 Å².